The number of fused-ring (bicyclic) bond motifs is 2. The molecule has 0 bridgehead atoms. The van der Waals surface area contributed by atoms with Crippen molar-refractivity contribution >= 4 is 5.78 Å². The first-order valence-corrected chi connectivity index (χ1v) is 6.16. The molecule has 1 heterocycles. The van der Waals surface area contributed by atoms with Gasteiger partial charge < -0.3 is 9.47 Å². The van der Waals surface area contributed by atoms with E-state index in [0.717, 1.165) is 16.9 Å². The maximum Gasteiger partial charge on any atom is 0.171 e. The Labute approximate surface area is 111 Å². The van der Waals surface area contributed by atoms with E-state index in [-0.39, 0.29) is 5.78 Å². The second-order valence-electron chi connectivity index (χ2n) is 4.68. The molecule has 0 aromatic heterocycles. The highest BCUT2D eigenvalue weighted by molar-refractivity contribution is 6.01. The quantitative estimate of drug-likeness (QED) is 0.781. The van der Waals surface area contributed by atoms with Crippen molar-refractivity contribution in [1.29, 1.82) is 0 Å². The van der Waals surface area contributed by atoms with Gasteiger partial charge in [-0.1, -0.05) is 17.7 Å². The Hall–Kier alpha value is -2.29. The van der Waals surface area contributed by atoms with Gasteiger partial charge in [-0.25, -0.2) is 0 Å². The van der Waals surface area contributed by atoms with E-state index in [2.05, 4.69) is 0 Å². The highest BCUT2D eigenvalue weighted by atomic mass is 16.5. The number of hydrogen-bond donors (Lipinski definition) is 0. The summed E-state index contributed by atoms with van der Waals surface area (Å²) in [5.41, 5.74) is 2.59. The fourth-order valence-corrected chi connectivity index (χ4v) is 2.24. The standard InChI is InChI=1S/C16H14O3/c1-10-3-6-15-13(7-10)14(17)8-11-4-5-12(18-2)9-16(11)19-15/h3-7,9H,8H2,1-2H3. The summed E-state index contributed by atoms with van der Waals surface area (Å²) in [6.45, 7) is 1.97. The SMILES string of the molecule is COc1ccc2c(c1)Oc1ccc(C)cc1C(=O)C2. The molecule has 0 saturated carbocycles. The predicted molar refractivity (Wildman–Crippen MR) is 72.3 cm³/mol. The normalized spacial score (nSPS) is 13.1. The fraction of sp³-hybridized carbons (Fsp3) is 0.188. The molecule has 1 aliphatic rings. The average Bonchev–Trinajstić information content (AvgIpc) is 2.54. The smallest absolute Gasteiger partial charge is 0.171 e. The van der Waals surface area contributed by atoms with Crippen LogP contribution in [0.5, 0.6) is 17.2 Å². The van der Waals surface area contributed by atoms with Crippen LogP contribution in [0.15, 0.2) is 36.4 Å². The van der Waals surface area contributed by atoms with Crippen LogP contribution in [-0.4, -0.2) is 12.9 Å². The van der Waals surface area contributed by atoms with Gasteiger partial charge in [-0.15, -0.1) is 0 Å². The molecule has 3 nitrogen and oxygen atoms in total. The van der Waals surface area contributed by atoms with E-state index < -0.39 is 0 Å². The Morgan fingerprint density at radius 2 is 1.95 bits per heavy atom. The van der Waals surface area contributed by atoms with Crippen molar-refractivity contribution in [1.82, 2.24) is 0 Å². The van der Waals surface area contributed by atoms with Crippen LogP contribution in [0.1, 0.15) is 21.5 Å². The Morgan fingerprint density at radius 3 is 2.74 bits per heavy atom. The summed E-state index contributed by atoms with van der Waals surface area (Å²) in [5, 5.41) is 0. The number of aryl methyl sites for hydroxylation is 1. The topological polar surface area (TPSA) is 35.5 Å². The Morgan fingerprint density at radius 1 is 1.11 bits per heavy atom. The zero-order chi connectivity index (χ0) is 13.4. The molecule has 2 aromatic rings. The van der Waals surface area contributed by atoms with Gasteiger partial charge in [-0.3, -0.25) is 4.79 Å². The third kappa shape index (κ3) is 2.08. The number of ketones is 1. The first kappa shape index (κ1) is 11.8. The van der Waals surface area contributed by atoms with Crippen molar-refractivity contribution in [3.05, 3.63) is 53.1 Å². The van der Waals surface area contributed by atoms with E-state index in [1.54, 1.807) is 7.11 Å². The third-order valence-corrected chi connectivity index (χ3v) is 3.28. The molecule has 0 amide bonds. The molecular weight excluding hydrogens is 240 g/mol. The van der Waals surface area contributed by atoms with E-state index in [1.807, 2.05) is 43.3 Å². The van der Waals surface area contributed by atoms with Crippen LogP contribution < -0.4 is 9.47 Å². The monoisotopic (exact) mass is 254 g/mol. The van der Waals surface area contributed by atoms with Gasteiger partial charge in [0.2, 0.25) is 0 Å². The zero-order valence-electron chi connectivity index (χ0n) is 10.9. The Balaban J connectivity index is 2.13. The summed E-state index contributed by atoms with van der Waals surface area (Å²) in [6.07, 6.45) is 0.357. The lowest BCUT2D eigenvalue weighted by atomic mass is 10.0. The summed E-state index contributed by atoms with van der Waals surface area (Å²) in [5.74, 6) is 2.11. The summed E-state index contributed by atoms with van der Waals surface area (Å²) in [7, 11) is 1.61. The van der Waals surface area contributed by atoms with E-state index in [4.69, 9.17) is 9.47 Å². The third-order valence-electron chi connectivity index (χ3n) is 3.28. The molecule has 0 unspecified atom stereocenters. The molecule has 0 radical (unpaired) electrons. The number of carbonyl (C=O) groups is 1. The van der Waals surface area contributed by atoms with Gasteiger partial charge in [0, 0.05) is 18.1 Å². The predicted octanol–water partition coefficient (Wildman–Crippen LogP) is 3.53. The van der Waals surface area contributed by atoms with Crippen LogP contribution in [0.3, 0.4) is 0 Å². The summed E-state index contributed by atoms with van der Waals surface area (Å²) in [6, 6.07) is 11.2. The van der Waals surface area contributed by atoms with Crippen LogP contribution in [0.2, 0.25) is 0 Å². The van der Waals surface area contributed by atoms with Crippen LogP contribution in [0.4, 0.5) is 0 Å². The van der Waals surface area contributed by atoms with Gasteiger partial charge in [0.1, 0.15) is 17.2 Å². The average molecular weight is 254 g/mol. The molecule has 96 valence electrons. The van der Waals surface area contributed by atoms with Gasteiger partial charge in [0.25, 0.3) is 0 Å². The summed E-state index contributed by atoms with van der Waals surface area (Å²) in [4.78, 5) is 12.3. The fourth-order valence-electron chi connectivity index (χ4n) is 2.24. The van der Waals surface area contributed by atoms with Crippen molar-refractivity contribution in [3.63, 3.8) is 0 Å². The van der Waals surface area contributed by atoms with Crippen LogP contribution in [0.25, 0.3) is 0 Å². The van der Waals surface area contributed by atoms with Crippen molar-refractivity contribution in [2.75, 3.05) is 7.11 Å². The number of rotatable bonds is 1. The number of hydrogen-bond acceptors (Lipinski definition) is 3. The van der Waals surface area contributed by atoms with Crippen LogP contribution in [0, 0.1) is 6.92 Å². The minimum atomic E-state index is 0.0858. The minimum absolute atomic E-state index is 0.0858. The molecule has 0 N–H and O–H groups in total. The lowest BCUT2D eigenvalue weighted by molar-refractivity contribution is 0.0993. The molecule has 0 saturated heterocycles. The maximum atomic E-state index is 12.3. The van der Waals surface area contributed by atoms with Gasteiger partial charge in [-0.2, -0.15) is 0 Å². The lowest BCUT2D eigenvalue weighted by Crippen LogP contribution is -2.02. The first-order chi connectivity index (χ1) is 9.17. The Kier molecular flexibility index (Phi) is 2.75. The minimum Gasteiger partial charge on any atom is -0.497 e. The van der Waals surface area contributed by atoms with Crippen molar-refractivity contribution in [2.45, 2.75) is 13.3 Å². The summed E-state index contributed by atoms with van der Waals surface area (Å²) >= 11 is 0. The molecule has 1 aliphatic heterocycles. The van der Waals surface area contributed by atoms with Crippen molar-refractivity contribution in [2.24, 2.45) is 0 Å². The molecule has 0 fully saturated rings. The second kappa shape index (κ2) is 4.43. The molecule has 0 atom stereocenters. The van der Waals surface area contributed by atoms with Crippen LogP contribution >= 0.6 is 0 Å². The van der Waals surface area contributed by atoms with Crippen molar-refractivity contribution in [3.8, 4) is 17.2 Å². The molecule has 2 aromatic carbocycles. The molecule has 0 aliphatic carbocycles. The second-order valence-corrected chi connectivity index (χ2v) is 4.68. The maximum absolute atomic E-state index is 12.3. The van der Waals surface area contributed by atoms with E-state index in [9.17, 15) is 4.79 Å². The molecular formula is C16H14O3. The van der Waals surface area contributed by atoms with Crippen molar-refractivity contribution < 1.29 is 14.3 Å². The molecule has 19 heavy (non-hydrogen) atoms. The largest absolute Gasteiger partial charge is 0.497 e. The van der Waals surface area contributed by atoms with Gasteiger partial charge >= 0.3 is 0 Å². The van der Waals surface area contributed by atoms with Gasteiger partial charge in [0.05, 0.1) is 12.7 Å². The molecule has 3 rings (SSSR count). The van der Waals surface area contributed by atoms with Gasteiger partial charge in [-0.05, 0) is 25.1 Å². The highest BCUT2D eigenvalue weighted by Gasteiger charge is 2.21. The highest BCUT2D eigenvalue weighted by Crippen LogP contribution is 2.36. The van der Waals surface area contributed by atoms with E-state index in [0.29, 0.717) is 23.5 Å². The Bertz CT molecular complexity index is 659. The number of carbonyl (C=O) groups excluding carboxylic acids is 1. The number of benzene rings is 2. The number of ether oxygens (including phenoxy) is 2. The number of Topliss-reactive ketones (excluding diaryl/α,β-unsaturated/α-hetero) is 1. The molecule has 3 heteroatoms. The zero-order valence-corrected chi connectivity index (χ0v) is 10.9. The van der Waals surface area contributed by atoms with E-state index >= 15 is 0 Å². The number of methoxy groups -OCH3 is 1. The van der Waals surface area contributed by atoms with E-state index in [1.165, 1.54) is 0 Å². The summed E-state index contributed by atoms with van der Waals surface area (Å²) < 4.78 is 11.1. The first-order valence-electron chi connectivity index (χ1n) is 6.16. The van der Waals surface area contributed by atoms with Crippen LogP contribution in [-0.2, 0) is 6.42 Å². The molecule has 0 spiro atoms. The van der Waals surface area contributed by atoms with Gasteiger partial charge in [0.15, 0.2) is 5.78 Å². The lowest BCUT2D eigenvalue weighted by Gasteiger charge is -2.09.